The Hall–Kier alpha value is -1.91. The molecule has 0 saturated heterocycles. The summed E-state index contributed by atoms with van der Waals surface area (Å²) < 4.78 is 10.9. The summed E-state index contributed by atoms with van der Waals surface area (Å²) in [5, 5.41) is 5.53. The quantitative estimate of drug-likeness (QED) is 0.683. The molecule has 1 rings (SSSR count). The number of urea groups is 1. The number of hydrogen-bond acceptors (Lipinski definition) is 3. The molecule has 0 unspecified atom stereocenters. The molecule has 0 heterocycles. The van der Waals surface area contributed by atoms with E-state index in [0.717, 1.165) is 24.3 Å². The second-order valence-corrected chi connectivity index (χ2v) is 4.29. The van der Waals surface area contributed by atoms with Gasteiger partial charge in [0.05, 0.1) is 13.2 Å². The van der Waals surface area contributed by atoms with E-state index in [1.807, 2.05) is 31.2 Å². The molecule has 2 amide bonds. The number of amides is 2. The summed E-state index contributed by atoms with van der Waals surface area (Å²) >= 11 is 0. The number of carbonyl (C=O) groups excluding carboxylic acids is 1. The fourth-order valence-electron chi connectivity index (χ4n) is 1.60. The number of hydrogen-bond donors (Lipinski definition) is 2. The van der Waals surface area contributed by atoms with Crippen LogP contribution in [0, 0.1) is 0 Å². The summed E-state index contributed by atoms with van der Waals surface area (Å²) in [6, 6.07) is 7.32. The molecule has 0 aliphatic rings. The Morgan fingerprint density at radius 2 is 1.80 bits per heavy atom. The number of ether oxygens (including phenoxy) is 2. The second kappa shape index (κ2) is 9.95. The van der Waals surface area contributed by atoms with Gasteiger partial charge in [-0.1, -0.05) is 19.4 Å². The van der Waals surface area contributed by atoms with E-state index in [-0.39, 0.29) is 6.03 Å². The number of benzene rings is 1. The number of nitrogens with one attached hydrogen (secondary N) is 2. The summed E-state index contributed by atoms with van der Waals surface area (Å²) in [7, 11) is 0. The Balaban J connectivity index is 2.17. The molecule has 0 radical (unpaired) electrons. The third-order valence-electron chi connectivity index (χ3n) is 2.59. The highest BCUT2D eigenvalue weighted by molar-refractivity contribution is 5.73. The topological polar surface area (TPSA) is 59.6 Å². The number of carbonyl (C=O) groups is 1. The van der Waals surface area contributed by atoms with E-state index in [2.05, 4.69) is 17.6 Å². The lowest BCUT2D eigenvalue weighted by Gasteiger charge is -2.10. The lowest BCUT2D eigenvalue weighted by molar-refractivity contribution is 0.236. The molecule has 20 heavy (non-hydrogen) atoms. The van der Waals surface area contributed by atoms with Crippen molar-refractivity contribution < 1.29 is 14.3 Å². The molecule has 0 aliphatic carbocycles. The van der Waals surface area contributed by atoms with E-state index in [1.165, 1.54) is 0 Å². The van der Waals surface area contributed by atoms with E-state index < -0.39 is 0 Å². The lowest BCUT2D eigenvalue weighted by Crippen LogP contribution is -2.38. The van der Waals surface area contributed by atoms with Gasteiger partial charge in [0, 0.05) is 12.6 Å². The van der Waals surface area contributed by atoms with Gasteiger partial charge in [0.1, 0.15) is 18.1 Å². The summed E-state index contributed by atoms with van der Waals surface area (Å²) in [6.45, 7) is 6.26. The van der Waals surface area contributed by atoms with Gasteiger partial charge in [0.15, 0.2) is 0 Å². The van der Waals surface area contributed by atoms with Crippen LogP contribution in [0.25, 0.3) is 0 Å². The molecular formula is C15H24N2O3. The van der Waals surface area contributed by atoms with Crippen LogP contribution in [-0.4, -0.2) is 32.3 Å². The molecule has 112 valence electrons. The van der Waals surface area contributed by atoms with Crippen LogP contribution < -0.4 is 20.1 Å². The first kappa shape index (κ1) is 16.1. The van der Waals surface area contributed by atoms with Crippen LogP contribution in [0.5, 0.6) is 11.5 Å². The van der Waals surface area contributed by atoms with Crippen LogP contribution in [-0.2, 0) is 0 Å². The van der Waals surface area contributed by atoms with Crippen LogP contribution >= 0.6 is 0 Å². The van der Waals surface area contributed by atoms with Crippen LogP contribution in [0.2, 0.25) is 0 Å². The summed E-state index contributed by atoms with van der Waals surface area (Å²) in [6.07, 6.45) is 2.06. The predicted molar refractivity (Wildman–Crippen MR) is 79.4 cm³/mol. The van der Waals surface area contributed by atoms with E-state index >= 15 is 0 Å². The molecule has 5 nitrogen and oxygen atoms in total. The molecule has 0 bridgehead atoms. The zero-order valence-electron chi connectivity index (χ0n) is 12.3. The van der Waals surface area contributed by atoms with Gasteiger partial charge in [0.25, 0.3) is 0 Å². The van der Waals surface area contributed by atoms with Crippen molar-refractivity contribution in [1.82, 2.24) is 10.6 Å². The molecule has 0 saturated carbocycles. The Labute approximate surface area is 120 Å². The SMILES string of the molecule is CCCCNC(=O)NCCOc1cccc(OCC)c1. The van der Waals surface area contributed by atoms with Crippen molar-refractivity contribution in [2.75, 3.05) is 26.3 Å². The largest absolute Gasteiger partial charge is 0.494 e. The minimum Gasteiger partial charge on any atom is -0.494 e. The van der Waals surface area contributed by atoms with Crippen molar-refractivity contribution in [3.63, 3.8) is 0 Å². The molecule has 0 aliphatic heterocycles. The third kappa shape index (κ3) is 6.87. The highest BCUT2D eigenvalue weighted by atomic mass is 16.5. The van der Waals surface area contributed by atoms with Gasteiger partial charge in [-0.15, -0.1) is 0 Å². The zero-order chi connectivity index (χ0) is 14.6. The predicted octanol–water partition coefficient (Wildman–Crippen LogP) is 2.56. The first-order valence-corrected chi connectivity index (χ1v) is 7.13. The monoisotopic (exact) mass is 280 g/mol. The van der Waals surface area contributed by atoms with Gasteiger partial charge in [-0.05, 0) is 25.5 Å². The highest BCUT2D eigenvalue weighted by Gasteiger charge is 2.00. The van der Waals surface area contributed by atoms with E-state index in [4.69, 9.17) is 9.47 Å². The van der Waals surface area contributed by atoms with Crippen molar-refractivity contribution in [1.29, 1.82) is 0 Å². The summed E-state index contributed by atoms with van der Waals surface area (Å²) in [5.74, 6) is 1.53. The molecule has 1 aromatic rings. The molecule has 1 aromatic carbocycles. The first-order chi connectivity index (χ1) is 9.76. The van der Waals surface area contributed by atoms with E-state index in [9.17, 15) is 4.79 Å². The number of unbranched alkanes of at least 4 members (excludes halogenated alkanes) is 1. The van der Waals surface area contributed by atoms with Gasteiger partial charge >= 0.3 is 6.03 Å². The van der Waals surface area contributed by atoms with Crippen LogP contribution in [0.3, 0.4) is 0 Å². The van der Waals surface area contributed by atoms with E-state index in [1.54, 1.807) is 0 Å². The van der Waals surface area contributed by atoms with Crippen LogP contribution in [0.4, 0.5) is 4.79 Å². The standard InChI is InChI=1S/C15H24N2O3/c1-3-5-9-16-15(18)17-10-11-20-14-8-6-7-13(12-14)19-4-2/h6-8,12H,3-5,9-11H2,1-2H3,(H2,16,17,18). The average molecular weight is 280 g/mol. The first-order valence-electron chi connectivity index (χ1n) is 7.13. The van der Waals surface area contributed by atoms with Crippen molar-refractivity contribution in [2.24, 2.45) is 0 Å². The molecule has 0 aromatic heterocycles. The van der Waals surface area contributed by atoms with Gasteiger partial charge in [-0.3, -0.25) is 0 Å². The van der Waals surface area contributed by atoms with E-state index in [0.29, 0.717) is 26.3 Å². The van der Waals surface area contributed by atoms with Crippen molar-refractivity contribution in [2.45, 2.75) is 26.7 Å². The van der Waals surface area contributed by atoms with Gasteiger partial charge in [-0.2, -0.15) is 0 Å². The minimum atomic E-state index is -0.148. The average Bonchev–Trinajstić information content (AvgIpc) is 2.45. The Morgan fingerprint density at radius 3 is 2.50 bits per heavy atom. The Kier molecular flexibility index (Phi) is 8.03. The lowest BCUT2D eigenvalue weighted by atomic mass is 10.3. The molecule has 2 N–H and O–H groups in total. The Bertz CT molecular complexity index is 396. The molecule has 0 spiro atoms. The molecule has 0 fully saturated rings. The molecule has 5 heteroatoms. The maximum absolute atomic E-state index is 11.4. The normalized spacial score (nSPS) is 9.90. The van der Waals surface area contributed by atoms with Crippen LogP contribution in [0.1, 0.15) is 26.7 Å². The van der Waals surface area contributed by atoms with Crippen molar-refractivity contribution in [3.8, 4) is 11.5 Å². The smallest absolute Gasteiger partial charge is 0.314 e. The van der Waals surface area contributed by atoms with Gasteiger partial charge < -0.3 is 20.1 Å². The van der Waals surface area contributed by atoms with Gasteiger partial charge in [0.2, 0.25) is 0 Å². The zero-order valence-corrected chi connectivity index (χ0v) is 12.3. The molecular weight excluding hydrogens is 256 g/mol. The van der Waals surface area contributed by atoms with Crippen LogP contribution in [0.15, 0.2) is 24.3 Å². The fraction of sp³-hybridized carbons (Fsp3) is 0.533. The third-order valence-corrected chi connectivity index (χ3v) is 2.59. The summed E-state index contributed by atoms with van der Waals surface area (Å²) in [5.41, 5.74) is 0. The van der Waals surface area contributed by atoms with Gasteiger partial charge in [-0.25, -0.2) is 4.79 Å². The maximum Gasteiger partial charge on any atom is 0.314 e. The highest BCUT2D eigenvalue weighted by Crippen LogP contribution is 2.18. The minimum absolute atomic E-state index is 0.148. The van der Waals surface area contributed by atoms with Crippen molar-refractivity contribution >= 4 is 6.03 Å². The maximum atomic E-state index is 11.4. The number of rotatable bonds is 9. The fourth-order valence-corrected chi connectivity index (χ4v) is 1.60. The van der Waals surface area contributed by atoms with Crippen molar-refractivity contribution in [3.05, 3.63) is 24.3 Å². The summed E-state index contributed by atoms with van der Waals surface area (Å²) in [4.78, 5) is 11.4. The second-order valence-electron chi connectivity index (χ2n) is 4.29. The molecule has 0 atom stereocenters. The Morgan fingerprint density at radius 1 is 1.10 bits per heavy atom.